The van der Waals surface area contributed by atoms with Crippen molar-refractivity contribution in [3.63, 3.8) is 0 Å². The van der Waals surface area contributed by atoms with E-state index in [1.807, 2.05) is 12.1 Å². The van der Waals surface area contributed by atoms with Gasteiger partial charge in [0.05, 0.1) is 0 Å². The molecule has 0 radical (unpaired) electrons. The molecule has 0 unspecified atom stereocenters. The van der Waals surface area contributed by atoms with Crippen LogP contribution in [0.5, 0.6) is 11.5 Å². The zero-order valence-electron chi connectivity index (χ0n) is 38.1. The zero-order valence-corrected chi connectivity index (χ0v) is 39.7. The summed E-state index contributed by atoms with van der Waals surface area (Å²) in [5.41, 5.74) is 19.8. The van der Waals surface area contributed by atoms with Crippen molar-refractivity contribution in [2.75, 3.05) is 0 Å². The van der Waals surface area contributed by atoms with Crippen LogP contribution in [-0.2, 0) is 32.5 Å². The number of rotatable bonds is 6. The minimum Gasteiger partial charge on any atom is -0.507 e. The minimum atomic E-state index is -0.0426. The van der Waals surface area contributed by atoms with E-state index in [0.717, 1.165) is 33.4 Å². The van der Waals surface area contributed by atoms with E-state index in [1.165, 1.54) is 55.6 Å². The average molecular weight is 819 g/mol. The molecule has 0 fully saturated rings. The molecule has 0 aliphatic heterocycles. The molecule has 2 aliphatic carbocycles. The number of hydrogen-bond acceptors (Lipinski definition) is 2. The van der Waals surface area contributed by atoms with Crippen molar-refractivity contribution in [3.05, 3.63) is 169 Å². The first-order valence-electron chi connectivity index (χ1n) is 20.6. The van der Waals surface area contributed by atoms with E-state index in [0.29, 0.717) is 35.2 Å². The Hall–Kier alpha value is -4.37. The van der Waals surface area contributed by atoms with Crippen LogP contribution < -0.4 is 0 Å². The van der Waals surface area contributed by atoms with Crippen LogP contribution >= 0.6 is 0 Å². The fraction of sp³-hybridized carbons (Fsp3) is 0.321. The van der Waals surface area contributed by atoms with Gasteiger partial charge in [0.25, 0.3) is 0 Å². The molecule has 6 aromatic carbocycles. The molecule has 59 heavy (non-hydrogen) atoms. The third-order valence-electron chi connectivity index (χ3n) is 12.7. The molecule has 0 saturated carbocycles. The zero-order chi connectivity index (χ0) is 40.4. The first-order chi connectivity index (χ1) is 26.4. The second-order valence-electron chi connectivity index (χ2n) is 18.6. The van der Waals surface area contributed by atoms with Crippen LogP contribution in [0.25, 0.3) is 44.5 Å². The van der Waals surface area contributed by atoms with E-state index < -0.39 is 0 Å². The molecular formula is C56H66O2Ti. The standard InChI is InChI=1S/2C27H30O.2CH3.Ti/c2*1-16(2)18-8-11-22-23-12-9-20(14-25(23)27(5,6)24(22)13-18)21-10-7-19(17(3)4)15-26(21)28;;;/h2*7-17,28H,1-6H3;2*1H3;/q;;2*-1;+2. The summed E-state index contributed by atoms with van der Waals surface area (Å²) in [6, 6.07) is 39.3. The molecule has 0 atom stereocenters. The third-order valence-corrected chi connectivity index (χ3v) is 12.7. The van der Waals surface area contributed by atoms with Crippen LogP contribution in [0, 0.1) is 14.9 Å². The number of phenols is 2. The minimum absolute atomic E-state index is 0. The van der Waals surface area contributed by atoms with E-state index in [9.17, 15) is 10.2 Å². The van der Waals surface area contributed by atoms with Gasteiger partial charge in [-0.15, -0.1) is 0 Å². The van der Waals surface area contributed by atoms with Crippen molar-refractivity contribution in [2.24, 2.45) is 0 Å². The number of phenolic OH excluding ortho intramolecular Hbond substituents is 2. The predicted molar refractivity (Wildman–Crippen MR) is 251 cm³/mol. The van der Waals surface area contributed by atoms with Gasteiger partial charge in [0.1, 0.15) is 11.5 Å². The van der Waals surface area contributed by atoms with Crippen molar-refractivity contribution in [2.45, 2.75) is 118 Å². The summed E-state index contributed by atoms with van der Waals surface area (Å²) in [5, 5.41) is 21.3. The molecule has 306 valence electrons. The van der Waals surface area contributed by atoms with E-state index in [1.54, 1.807) is 0 Å². The molecule has 6 aromatic rings. The topological polar surface area (TPSA) is 40.5 Å². The number of fused-ring (bicyclic) bond motifs is 6. The normalized spacial score (nSPS) is 13.7. The molecule has 2 aliphatic rings. The van der Waals surface area contributed by atoms with E-state index in [4.69, 9.17) is 0 Å². The molecule has 0 spiro atoms. The van der Waals surface area contributed by atoms with Crippen LogP contribution in [0.2, 0.25) is 0 Å². The largest absolute Gasteiger partial charge is 2.00 e. The number of benzene rings is 6. The molecule has 0 saturated heterocycles. The Labute approximate surface area is 372 Å². The maximum Gasteiger partial charge on any atom is 2.00 e. The Morgan fingerprint density at radius 3 is 0.847 bits per heavy atom. The van der Waals surface area contributed by atoms with Gasteiger partial charge in [-0.05, 0) is 126 Å². The summed E-state index contributed by atoms with van der Waals surface area (Å²) >= 11 is 0. The van der Waals surface area contributed by atoms with Crippen LogP contribution in [-0.4, -0.2) is 10.2 Å². The molecule has 0 amide bonds. The smallest absolute Gasteiger partial charge is 0.507 e. The molecule has 0 aromatic heterocycles. The van der Waals surface area contributed by atoms with Gasteiger partial charge >= 0.3 is 21.7 Å². The van der Waals surface area contributed by atoms with Crippen molar-refractivity contribution < 1.29 is 31.9 Å². The first-order valence-corrected chi connectivity index (χ1v) is 20.6. The molecule has 0 bridgehead atoms. The van der Waals surface area contributed by atoms with Crippen molar-refractivity contribution in [1.82, 2.24) is 0 Å². The maximum absolute atomic E-state index is 10.6. The van der Waals surface area contributed by atoms with E-state index >= 15 is 0 Å². The summed E-state index contributed by atoms with van der Waals surface area (Å²) in [6.07, 6.45) is 0. The summed E-state index contributed by atoms with van der Waals surface area (Å²) < 4.78 is 0. The van der Waals surface area contributed by atoms with Gasteiger partial charge in [0.15, 0.2) is 0 Å². The number of aromatic hydroxyl groups is 2. The van der Waals surface area contributed by atoms with Crippen LogP contribution in [0.1, 0.15) is 151 Å². The number of hydrogen-bond donors (Lipinski definition) is 2. The van der Waals surface area contributed by atoms with Gasteiger partial charge in [-0.2, -0.15) is 0 Å². The summed E-state index contributed by atoms with van der Waals surface area (Å²) in [5.74, 6) is 2.59. The van der Waals surface area contributed by atoms with Crippen molar-refractivity contribution in [1.29, 1.82) is 0 Å². The van der Waals surface area contributed by atoms with Crippen LogP contribution in [0.15, 0.2) is 109 Å². The average Bonchev–Trinajstić information content (AvgIpc) is 3.52. The summed E-state index contributed by atoms with van der Waals surface area (Å²) in [4.78, 5) is 0. The van der Waals surface area contributed by atoms with Crippen LogP contribution in [0.3, 0.4) is 0 Å². The predicted octanol–water partition coefficient (Wildman–Crippen LogP) is 16.1. The van der Waals surface area contributed by atoms with Crippen LogP contribution in [0.4, 0.5) is 0 Å². The molecule has 2 nitrogen and oxygen atoms in total. The van der Waals surface area contributed by atoms with Gasteiger partial charge in [0, 0.05) is 22.0 Å². The van der Waals surface area contributed by atoms with Crippen molar-refractivity contribution >= 4 is 0 Å². The van der Waals surface area contributed by atoms with Gasteiger partial charge in [-0.25, -0.2) is 0 Å². The molecule has 8 rings (SSSR count). The molecular weight excluding hydrogens is 752 g/mol. The maximum atomic E-state index is 10.6. The quantitative estimate of drug-likeness (QED) is 0.130. The van der Waals surface area contributed by atoms with Gasteiger partial charge in [0.2, 0.25) is 0 Å². The van der Waals surface area contributed by atoms with Gasteiger partial charge in [-0.1, -0.05) is 168 Å². The second kappa shape index (κ2) is 17.7. The van der Waals surface area contributed by atoms with Crippen molar-refractivity contribution in [3.8, 4) is 56.0 Å². The van der Waals surface area contributed by atoms with E-state index in [2.05, 4.69) is 180 Å². The molecule has 0 heterocycles. The fourth-order valence-corrected chi connectivity index (χ4v) is 8.87. The first kappa shape index (κ1) is 47.3. The summed E-state index contributed by atoms with van der Waals surface area (Å²) in [7, 11) is 0. The fourth-order valence-electron chi connectivity index (χ4n) is 8.87. The van der Waals surface area contributed by atoms with E-state index in [-0.39, 0.29) is 47.4 Å². The Morgan fingerprint density at radius 1 is 0.339 bits per heavy atom. The van der Waals surface area contributed by atoms with Gasteiger partial charge in [-0.3, -0.25) is 0 Å². The Balaban J connectivity index is 0.000000248. The third kappa shape index (κ3) is 8.51. The Kier molecular flexibility index (Phi) is 14.2. The Bertz CT molecular complexity index is 2290. The summed E-state index contributed by atoms with van der Waals surface area (Å²) in [6.45, 7) is 26.8. The monoisotopic (exact) mass is 818 g/mol. The SMILES string of the molecule is CC(C)c1ccc(-c2ccc3c(c2)C(C)(C)c2cc(C(C)C)ccc2-3)c(O)c1.CC(C)c1ccc(-c2ccc3c(c2)C(C)(C)c2cc(C(C)C)ccc2-3)c(O)c1.[CH3-].[CH3-].[Ti+2]. The second-order valence-corrected chi connectivity index (χ2v) is 18.6. The van der Waals surface area contributed by atoms with Gasteiger partial charge < -0.3 is 25.1 Å². The molecule has 2 N–H and O–H groups in total. The molecule has 3 heteroatoms. The Morgan fingerprint density at radius 2 is 0.576 bits per heavy atom.